The monoisotopic (exact) mass is 251 g/mol. The summed E-state index contributed by atoms with van der Waals surface area (Å²) >= 11 is 0. The van der Waals surface area contributed by atoms with Crippen molar-refractivity contribution in [3.63, 3.8) is 0 Å². The van der Waals surface area contributed by atoms with Crippen molar-refractivity contribution in [3.05, 3.63) is 35.4 Å². The van der Waals surface area contributed by atoms with Gasteiger partial charge in [0.15, 0.2) is 0 Å². The number of amides is 1. The molecule has 0 aromatic heterocycles. The van der Waals surface area contributed by atoms with Crippen LogP contribution in [0.4, 0.5) is 0 Å². The van der Waals surface area contributed by atoms with Crippen molar-refractivity contribution in [3.8, 4) is 0 Å². The third-order valence-corrected chi connectivity index (χ3v) is 2.36. The van der Waals surface area contributed by atoms with Crippen LogP contribution in [0.15, 0.2) is 24.3 Å². The molecule has 0 aliphatic heterocycles. The maximum Gasteiger partial charge on any atom is 0.336 e. The lowest BCUT2D eigenvalue weighted by Gasteiger charge is -2.25. The van der Waals surface area contributed by atoms with Crippen molar-refractivity contribution in [2.75, 3.05) is 13.7 Å². The van der Waals surface area contributed by atoms with Gasteiger partial charge in [0.05, 0.1) is 23.3 Å². The van der Waals surface area contributed by atoms with Gasteiger partial charge in [0.2, 0.25) is 0 Å². The van der Waals surface area contributed by atoms with E-state index in [0.29, 0.717) is 6.61 Å². The third kappa shape index (κ3) is 3.56. The molecule has 0 aliphatic rings. The van der Waals surface area contributed by atoms with E-state index in [2.05, 4.69) is 5.32 Å². The zero-order valence-electron chi connectivity index (χ0n) is 10.7. The normalized spacial score (nSPS) is 11.1. The molecule has 5 nitrogen and oxygen atoms in total. The highest BCUT2D eigenvalue weighted by Gasteiger charge is 2.23. The first kappa shape index (κ1) is 14.2. The van der Waals surface area contributed by atoms with Gasteiger partial charge in [0, 0.05) is 7.11 Å². The zero-order valence-corrected chi connectivity index (χ0v) is 10.7. The number of carbonyl (C=O) groups is 2. The predicted molar refractivity (Wildman–Crippen MR) is 66.8 cm³/mol. The van der Waals surface area contributed by atoms with E-state index in [9.17, 15) is 9.59 Å². The Bertz CT molecular complexity index is 454. The van der Waals surface area contributed by atoms with Crippen LogP contribution in [-0.4, -0.2) is 36.2 Å². The van der Waals surface area contributed by atoms with Gasteiger partial charge in [-0.3, -0.25) is 4.79 Å². The molecule has 1 aromatic carbocycles. The molecule has 0 bridgehead atoms. The van der Waals surface area contributed by atoms with Gasteiger partial charge in [-0.05, 0) is 26.0 Å². The van der Waals surface area contributed by atoms with Crippen LogP contribution < -0.4 is 5.32 Å². The van der Waals surface area contributed by atoms with Gasteiger partial charge >= 0.3 is 5.97 Å². The quantitative estimate of drug-likeness (QED) is 0.832. The minimum absolute atomic E-state index is 0.0109. The van der Waals surface area contributed by atoms with Crippen molar-refractivity contribution >= 4 is 11.9 Å². The molecule has 0 aliphatic carbocycles. The molecule has 0 unspecified atom stereocenters. The second-order valence-electron chi connectivity index (χ2n) is 4.62. The Hall–Kier alpha value is -1.88. The number of carboxylic acids is 1. The largest absolute Gasteiger partial charge is 0.478 e. The second kappa shape index (κ2) is 5.64. The number of rotatable bonds is 5. The number of ether oxygens (including phenoxy) is 1. The Labute approximate surface area is 106 Å². The summed E-state index contributed by atoms with van der Waals surface area (Å²) in [7, 11) is 1.54. The van der Waals surface area contributed by atoms with Crippen LogP contribution in [0.5, 0.6) is 0 Å². The fourth-order valence-electron chi connectivity index (χ4n) is 1.64. The molecule has 0 heterocycles. The Kier molecular flexibility index (Phi) is 4.44. The van der Waals surface area contributed by atoms with Crippen LogP contribution in [-0.2, 0) is 4.74 Å². The topological polar surface area (TPSA) is 75.6 Å². The first-order valence-corrected chi connectivity index (χ1v) is 5.51. The summed E-state index contributed by atoms with van der Waals surface area (Å²) in [5.41, 5.74) is -0.422. The van der Waals surface area contributed by atoms with Gasteiger partial charge in [0.1, 0.15) is 0 Å². The van der Waals surface area contributed by atoms with E-state index in [1.165, 1.54) is 12.1 Å². The van der Waals surface area contributed by atoms with E-state index in [4.69, 9.17) is 9.84 Å². The van der Waals surface area contributed by atoms with E-state index in [1.807, 2.05) is 0 Å². The number of aromatic carboxylic acids is 1. The van der Waals surface area contributed by atoms with Gasteiger partial charge in [0.25, 0.3) is 5.91 Å². The summed E-state index contributed by atoms with van der Waals surface area (Å²) in [5, 5.41) is 11.8. The number of benzene rings is 1. The van der Waals surface area contributed by atoms with Crippen LogP contribution in [0, 0.1) is 0 Å². The van der Waals surface area contributed by atoms with E-state index in [0.717, 1.165) is 0 Å². The molecule has 1 aromatic rings. The number of hydrogen-bond acceptors (Lipinski definition) is 3. The Morgan fingerprint density at radius 1 is 1.28 bits per heavy atom. The standard InChI is InChI=1S/C13H17NO4/c1-13(2,8-18-3)14-11(15)9-6-4-5-7-10(9)12(16)17/h4-7H,8H2,1-3H3,(H,14,15)(H,16,17). The number of methoxy groups -OCH3 is 1. The fourth-order valence-corrected chi connectivity index (χ4v) is 1.64. The van der Waals surface area contributed by atoms with Crippen LogP contribution in [0.2, 0.25) is 0 Å². The summed E-state index contributed by atoms with van der Waals surface area (Å²) in [4.78, 5) is 23.0. The molecule has 1 rings (SSSR count). The summed E-state index contributed by atoms with van der Waals surface area (Å²) in [6, 6.07) is 6.10. The Morgan fingerprint density at radius 2 is 1.83 bits per heavy atom. The maximum atomic E-state index is 12.0. The van der Waals surface area contributed by atoms with Gasteiger partial charge in [-0.15, -0.1) is 0 Å². The van der Waals surface area contributed by atoms with E-state index in [-0.39, 0.29) is 11.1 Å². The Balaban J connectivity index is 2.95. The lowest BCUT2D eigenvalue weighted by molar-refractivity contribution is 0.0685. The first-order valence-electron chi connectivity index (χ1n) is 5.51. The SMILES string of the molecule is COCC(C)(C)NC(=O)c1ccccc1C(=O)O. The summed E-state index contributed by atoms with van der Waals surface area (Å²) in [6.07, 6.45) is 0. The van der Waals surface area contributed by atoms with E-state index < -0.39 is 17.4 Å². The smallest absolute Gasteiger partial charge is 0.336 e. The second-order valence-corrected chi connectivity index (χ2v) is 4.62. The van der Waals surface area contributed by atoms with Crippen molar-refractivity contribution in [2.24, 2.45) is 0 Å². The first-order chi connectivity index (χ1) is 8.37. The van der Waals surface area contributed by atoms with Crippen LogP contribution in [0.3, 0.4) is 0 Å². The van der Waals surface area contributed by atoms with Crippen molar-refractivity contribution in [1.29, 1.82) is 0 Å². The summed E-state index contributed by atoms with van der Waals surface area (Å²) in [5.74, 6) is -1.54. The predicted octanol–water partition coefficient (Wildman–Crippen LogP) is 1.54. The molecule has 5 heteroatoms. The highest BCUT2D eigenvalue weighted by atomic mass is 16.5. The van der Waals surface area contributed by atoms with Crippen LogP contribution >= 0.6 is 0 Å². The molecule has 0 radical (unpaired) electrons. The minimum atomic E-state index is -1.12. The fraction of sp³-hybridized carbons (Fsp3) is 0.385. The maximum absolute atomic E-state index is 12.0. The highest BCUT2D eigenvalue weighted by Crippen LogP contribution is 2.11. The van der Waals surface area contributed by atoms with Crippen molar-refractivity contribution in [2.45, 2.75) is 19.4 Å². The molecular weight excluding hydrogens is 234 g/mol. The average Bonchev–Trinajstić information content (AvgIpc) is 2.28. The van der Waals surface area contributed by atoms with E-state index >= 15 is 0 Å². The molecule has 0 atom stereocenters. The Morgan fingerprint density at radius 3 is 2.33 bits per heavy atom. The lowest BCUT2D eigenvalue weighted by atomic mass is 10.0. The van der Waals surface area contributed by atoms with Gasteiger partial charge in [-0.2, -0.15) is 0 Å². The molecule has 0 saturated carbocycles. The molecule has 98 valence electrons. The number of carbonyl (C=O) groups excluding carboxylic acids is 1. The molecular formula is C13H17NO4. The van der Waals surface area contributed by atoms with Gasteiger partial charge in [-0.25, -0.2) is 4.79 Å². The molecule has 0 fully saturated rings. The molecule has 0 saturated heterocycles. The molecule has 18 heavy (non-hydrogen) atoms. The summed E-state index contributed by atoms with van der Waals surface area (Å²) < 4.78 is 4.99. The number of hydrogen-bond donors (Lipinski definition) is 2. The van der Waals surface area contributed by atoms with Crippen LogP contribution in [0.1, 0.15) is 34.6 Å². The minimum Gasteiger partial charge on any atom is -0.478 e. The van der Waals surface area contributed by atoms with E-state index in [1.54, 1.807) is 33.1 Å². The number of carboxylic acid groups (broad SMARTS) is 1. The zero-order chi connectivity index (χ0) is 13.8. The van der Waals surface area contributed by atoms with Gasteiger partial charge in [-0.1, -0.05) is 12.1 Å². The lowest BCUT2D eigenvalue weighted by Crippen LogP contribution is -2.47. The molecule has 2 N–H and O–H groups in total. The molecule has 0 spiro atoms. The van der Waals surface area contributed by atoms with Crippen molar-refractivity contribution in [1.82, 2.24) is 5.32 Å². The van der Waals surface area contributed by atoms with Crippen molar-refractivity contribution < 1.29 is 19.4 Å². The third-order valence-electron chi connectivity index (χ3n) is 2.36. The highest BCUT2D eigenvalue weighted by molar-refractivity contribution is 6.04. The van der Waals surface area contributed by atoms with Crippen LogP contribution in [0.25, 0.3) is 0 Å². The average molecular weight is 251 g/mol. The molecule has 1 amide bonds. The number of nitrogens with one attached hydrogen (secondary N) is 1. The van der Waals surface area contributed by atoms with Gasteiger partial charge < -0.3 is 15.2 Å². The summed E-state index contributed by atoms with van der Waals surface area (Å²) in [6.45, 7) is 3.95.